The Morgan fingerprint density at radius 1 is 1.04 bits per heavy atom. The summed E-state index contributed by atoms with van der Waals surface area (Å²) in [7, 11) is 0. The SMILES string of the molecule is C[C@H](N[C@@H](c1ccccc1)c1cccs1)C(=O)Nc1cccc(F)c1. The summed E-state index contributed by atoms with van der Waals surface area (Å²) in [4.78, 5) is 13.6. The van der Waals surface area contributed by atoms with Gasteiger partial charge in [0.25, 0.3) is 0 Å². The van der Waals surface area contributed by atoms with Crippen LogP contribution in [0.5, 0.6) is 0 Å². The van der Waals surface area contributed by atoms with Crippen LogP contribution in [0.4, 0.5) is 10.1 Å². The zero-order chi connectivity index (χ0) is 17.6. The van der Waals surface area contributed by atoms with Crippen molar-refractivity contribution < 1.29 is 9.18 Å². The molecule has 0 spiro atoms. The minimum Gasteiger partial charge on any atom is -0.325 e. The summed E-state index contributed by atoms with van der Waals surface area (Å²) >= 11 is 1.64. The fourth-order valence-corrected chi connectivity index (χ4v) is 3.40. The van der Waals surface area contributed by atoms with Gasteiger partial charge in [-0.2, -0.15) is 0 Å². The topological polar surface area (TPSA) is 41.1 Å². The van der Waals surface area contributed by atoms with Crippen molar-refractivity contribution in [2.45, 2.75) is 19.0 Å². The summed E-state index contributed by atoms with van der Waals surface area (Å²) in [5.74, 6) is -0.581. The second-order valence-corrected chi connectivity index (χ2v) is 6.73. The minimum atomic E-state index is -0.449. The summed E-state index contributed by atoms with van der Waals surface area (Å²) in [6.45, 7) is 1.80. The predicted molar refractivity (Wildman–Crippen MR) is 100 cm³/mol. The van der Waals surface area contributed by atoms with Crippen LogP contribution in [0, 0.1) is 5.82 Å². The Labute approximate surface area is 150 Å². The first-order valence-electron chi connectivity index (χ1n) is 8.04. The van der Waals surface area contributed by atoms with Crippen molar-refractivity contribution in [1.82, 2.24) is 5.32 Å². The Kier molecular flexibility index (Phi) is 5.58. The molecule has 0 aliphatic heterocycles. The molecule has 2 atom stereocenters. The number of hydrogen-bond acceptors (Lipinski definition) is 3. The molecule has 0 saturated carbocycles. The van der Waals surface area contributed by atoms with Crippen LogP contribution in [-0.2, 0) is 4.79 Å². The minimum absolute atomic E-state index is 0.0746. The summed E-state index contributed by atoms with van der Waals surface area (Å²) in [6, 6.07) is 19.4. The molecule has 0 radical (unpaired) electrons. The quantitative estimate of drug-likeness (QED) is 0.680. The Morgan fingerprint density at radius 2 is 1.84 bits per heavy atom. The number of anilines is 1. The molecule has 3 rings (SSSR count). The normalized spacial score (nSPS) is 13.2. The largest absolute Gasteiger partial charge is 0.325 e. The van der Waals surface area contributed by atoms with Gasteiger partial charge in [0.05, 0.1) is 12.1 Å². The molecule has 1 amide bonds. The first-order valence-corrected chi connectivity index (χ1v) is 8.92. The van der Waals surface area contributed by atoms with E-state index in [1.54, 1.807) is 30.4 Å². The second kappa shape index (κ2) is 8.05. The van der Waals surface area contributed by atoms with E-state index in [1.807, 2.05) is 47.8 Å². The Balaban J connectivity index is 1.74. The molecule has 0 unspecified atom stereocenters. The number of hydrogen-bond donors (Lipinski definition) is 2. The van der Waals surface area contributed by atoms with Crippen LogP contribution in [0.25, 0.3) is 0 Å². The molecule has 3 nitrogen and oxygen atoms in total. The van der Waals surface area contributed by atoms with Crippen molar-refractivity contribution in [1.29, 1.82) is 0 Å². The van der Waals surface area contributed by atoms with E-state index >= 15 is 0 Å². The maximum Gasteiger partial charge on any atom is 0.241 e. The van der Waals surface area contributed by atoms with Gasteiger partial charge in [0, 0.05) is 10.6 Å². The maximum absolute atomic E-state index is 13.3. The van der Waals surface area contributed by atoms with Crippen molar-refractivity contribution in [3.8, 4) is 0 Å². The van der Waals surface area contributed by atoms with E-state index in [1.165, 1.54) is 12.1 Å². The molecule has 0 saturated heterocycles. The molecule has 0 aliphatic carbocycles. The van der Waals surface area contributed by atoms with Gasteiger partial charge in [-0.15, -0.1) is 11.3 Å². The molecule has 0 bridgehead atoms. The molecule has 2 aromatic carbocycles. The van der Waals surface area contributed by atoms with Crippen LogP contribution in [0.15, 0.2) is 72.1 Å². The highest BCUT2D eigenvalue weighted by Gasteiger charge is 2.21. The monoisotopic (exact) mass is 354 g/mol. The third-order valence-corrected chi connectivity index (χ3v) is 4.80. The summed E-state index contributed by atoms with van der Waals surface area (Å²) in [5, 5.41) is 8.14. The van der Waals surface area contributed by atoms with Crippen LogP contribution in [-0.4, -0.2) is 11.9 Å². The van der Waals surface area contributed by atoms with E-state index in [4.69, 9.17) is 0 Å². The highest BCUT2D eigenvalue weighted by Crippen LogP contribution is 2.26. The molecule has 1 heterocycles. The number of carbonyl (C=O) groups excluding carboxylic acids is 1. The number of thiophene rings is 1. The smallest absolute Gasteiger partial charge is 0.241 e. The number of amides is 1. The van der Waals surface area contributed by atoms with Crippen LogP contribution in [0.1, 0.15) is 23.4 Å². The number of rotatable bonds is 6. The molecule has 0 fully saturated rings. The highest BCUT2D eigenvalue weighted by atomic mass is 32.1. The first kappa shape index (κ1) is 17.3. The van der Waals surface area contributed by atoms with Crippen molar-refractivity contribution in [3.63, 3.8) is 0 Å². The van der Waals surface area contributed by atoms with E-state index in [0.29, 0.717) is 5.69 Å². The van der Waals surface area contributed by atoms with Crippen LogP contribution in [0.2, 0.25) is 0 Å². The maximum atomic E-state index is 13.3. The van der Waals surface area contributed by atoms with Gasteiger partial charge in [0.1, 0.15) is 5.82 Å². The van der Waals surface area contributed by atoms with Gasteiger partial charge in [0.15, 0.2) is 0 Å². The average molecular weight is 354 g/mol. The van der Waals surface area contributed by atoms with E-state index in [0.717, 1.165) is 10.4 Å². The number of halogens is 1. The van der Waals surface area contributed by atoms with Crippen LogP contribution < -0.4 is 10.6 Å². The Bertz CT molecular complexity index is 821. The molecular weight excluding hydrogens is 335 g/mol. The average Bonchev–Trinajstić information content (AvgIpc) is 3.14. The molecule has 3 aromatic rings. The number of benzene rings is 2. The van der Waals surface area contributed by atoms with Gasteiger partial charge in [-0.1, -0.05) is 42.5 Å². The van der Waals surface area contributed by atoms with Gasteiger partial charge in [-0.3, -0.25) is 10.1 Å². The van der Waals surface area contributed by atoms with Crippen LogP contribution >= 0.6 is 11.3 Å². The van der Waals surface area contributed by atoms with Gasteiger partial charge in [0.2, 0.25) is 5.91 Å². The third kappa shape index (κ3) is 4.53. The summed E-state index contributed by atoms with van der Waals surface area (Å²) in [6.07, 6.45) is 0. The highest BCUT2D eigenvalue weighted by molar-refractivity contribution is 7.10. The Hall–Kier alpha value is -2.50. The fourth-order valence-electron chi connectivity index (χ4n) is 2.59. The molecule has 0 aliphatic rings. The molecule has 1 aromatic heterocycles. The zero-order valence-electron chi connectivity index (χ0n) is 13.8. The number of carbonyl (C=O) groups is 1. The zero-order valence-corrected chi connectivity index (χ0v) is 14.6. The van der Waals surface area contributed by atoms with Crippen molar-refractivity contribution in [2.75, 3.05) is 5.32 Å². The van der Waals surface area contributed by atoms with Crippen molar-refractivity contribution in [3.05, 3.63) is 88.4 Å². The second-order valence-electron chi connectivity index (χ2n) is 5.75. The summed E-state index contributed by atoms with van der Waals surface area (Å²) < 4.78 is 13.3. The van der Waals surface area contributed by atoms with Gasteiger partial charge in [-0.25, -0.2) is 4.39 Å². The lowest BCUT2D eigenvalue weighted by atomic mass is 10.0. The molecular formula is C20H19FN2OS. The lowest BCUT2D eigenvalue weighted by molar-refractivity contribution is -0.117. The predicted octanol–water partition coefficient (Wildman–Crippen LogP) is 4.59. The lowest BCUT2D eigenvalue weighted by Crippen LogP contribution is -2.40. The van der Waals surface area contributed by atoms with E-state index in [-0.39, 0.29) is 17.8 Å². The first-order chi connectivity index (χ1) is 12.1. The Morgan fingerprint density at radius 3 is 2.52 bits per heavy atom. The van der Waals surface area contributed by atoms with Gasteiger partial charge < -0.3 is 5.32 Å². The third-order valence-electron chi connectivity index (χ3n) is 3.86. The fraction of sp³-hybridized carbons (Fsp3) is 0.150. The van der Waals surface area contributed by atoms with E-state index in [9.17, 15) is 9.18 Å². The van der Waals surface area contributed by atoms with Crippen molar-refractivity contribution in [2.24, 2.45) is 0 Å². The molecule has 128 valence electrons. The lowest BCUT2D eigenvalue weighted by Gasteiger charge is -2.22. The van der Waals surface area contributed by atoms with Gasteiger partial charge >= 0.3 is 0 Å². The van der Waals surface area contributed by atoms with Gasteiger partial charge in [-0.05, 0) is 42.1 Å². The molecule has 25 heavy (non-hydrogen) atoms. The van der Waals surface area contributed by atoms with Crippen LogP contribution in [0.3, 0.4) is 0 Å². The van der Waals surface area contributed by atoms with E-state index in [2.05, 4.69) is 10.6 Å². The summed E-state index contributed by atoms with van der Waals surface area (Å²) in [5.41, 5.74) is 1.54. The molecule has 2 N–H and O–H groups in total. The van der Waals surface area contributed by atoms with E-state index < -0.39 is 6.04 Å². The number of nitrogens with one attached hydrogen (secondary N) is 2. The standard InChI is InChI=1S/C20H19FN2OS/c1-14(20(24)23-17-10-5-9-16(21)13-17)22-19(18-11-6-12-25-18)15-7-3-2-4-8-15/h2-14,19,22H,1H3,(H,23,24)/t14-,19-/m0/s1. The van der Waals surface area contributed by atoms with Crippen molar-refractivity contribution >= 4 is 22.9 Å². The molecule has 5 heteroatoms.